The summed E-state index contributed by atoms with van der Waals surface area (Å²) in [5, 5.41) is 9.72. The molecule has 488 valence electrons. The molecule has 0 bridgehead atoms. The molecule has 0 spiro atoms. The van der Waals surface area contributed by atoms with E-state index >= 15 is 0 Å². The van der Waals surface area contributed by atoms with Crippen molar-refractivity contribution in [1.82, 2.24) is 0 Å². The molecule has 5 heteroatoms. The lowest BCUT2D eigenvalue weighted by Crippen LogP contribution is -2.28. The minimum absolute atomic E-state index is 0.0566. The van der Waals surface area contributed by atoms with E-state index in [1.807, 2.05) is 0 Å². The highest BCUT2D eigenvalue weighted by molar-refractivity contribution is 5.70. The number of esters is 2. The van der Waals surface area contributed by atoms with Gasteiger partial charge >= 0.3 is 11.9 Å². The van der Waals surface area contributed by atoms with Crippen LogP contribution in [0.15, 0.2) is 12.2 Å². The van der Waals surface area contributed by atoms with E-state index in [0.29, 0.717) is 12.8 Å². The predicted molar refractivity (Wildman–Crippen MR) is 362 cm³/mol. The number of unbranched alkanes of at least 4 members (excludes halogenated alkanes) is 63. The minimum atomic E-state index is -0.768. The van der Waals surface area contributed by atoms with E-state index in [1.54, 1.807) is 0 Å². The third-order valence-electron chi connectivity index (χ3n) is 18.1. The molecular formula is C77H150O5. The van der Waals surface area contributed by atoms with Crippen LogP contribution < -0.4 is 0 Å². The van der Waals surface area contributed by atoms with Gasteiger partial charge in [-0.15, -0.1) is 0 Å². The van der Waals surface area contributed by atoms with Gasteiger partial charge in [0, 0.05) is 12.8 Å². The quantitative estimate of drug-likeness (QED) is 0.0373. The second kappa shape index (κ2) is 73.9. The zero-order chi connectivity index (χ0) is 59.1. The summed E-state index contributed by atoms with van der Waals surface area (Å²) in [4.78, 5) is 24.7. The molecule has 0 aromatic carbocycles. The Balaban J connectivity index is 3.34. The largest absolute Gasteiger partial charge is 0.462 e. The Kier molecular flexibility index (Phi) is 72.7. The summed E-state index contributed by atoms with van der Waals surface area (Å²) in [5.74, 6) is -0.559. The zero-order valence-electron chi connectivity index (χ0n) is 56.3. The van der Waals surface area contributed by atoms with Crippen LogP contribution >= 0.6 is 0 Å². The molecule has 0 aliphatic carbocycles. The van der Waals surface area contributed by atoms with Gasteiger partial charge in [0.15, 0.2) is 6.10 Å². The number of aliphatic hydroxyl groups is 1. The van der Waals surface area contributed by atoms with Crippen molar-refractivity contribution in [2.45, 2.75) is 457 Å². The van der Waals surface area contributed by atoms with Crippen LogP contribution in [0.2, 0.25) is 0 Å². The van der Waals surface area contributed by atoms with Crippen LogP contribution in [0.25, 0.3) is 0 Å². The Hall–Kier alpha value is -1.36. The summed E-state index contributed by atoms with van der Waals surface area (Å²) in [5.41, 5.74) is 0. The van der Waals surface area contributed by atoms with E-state index in [0.717, 1.165) is 32.1 Å². The lowest BCUT2D eigenvalue weighted by atomic mass is 10.0. The van der Waals surface area contributed by atoms with Crippen LogP contribution in [0.3, 0.4) is 0 Å². The molecule has 0 aromatic rings. The summed E-state index contributed by atoms with van der Waals surface area (Å²) >= 11 is 0. The van der Waals surface area contributed by atoms with Crippen molar-refractivity contribution >= 4 is 11.9 Å². The van der Waals surface area contributed by atoms with Gasteiger partial charge in [-0.05, 0) is 38.5 Å². The standard InChI is InChI=1S/C77H150O5/c1-3-5-7-9-11-13-15-17-19-21-23-25-27-29-31-33-35-36-37-38-39-40-42-43-45-47-49-51-53-55-57-59-61-63-65-67-69-71-76(79)81-74-75(73-78)82-77(80)72-70-68-66-64-62-60-58-56-54-52-50-48-46-44-41-34-32-30-28-26-24-22-20-18-16-14-12-10-8-6-4-2/h22,24,75,78H,3-21,23,25-74H2,1-2H3/b24-22-. The number of ether oxygens (including phenoxy) is 2. The van der Waals surface area contributed by atoms with Crippen LogP contribution in [-0.2, 0) is 19.1 Å². The number of hydrogen-bond donors (Lipinski definition) is 1. The number of aliphatic hydroxyl groups excluding tert-OH is 1. The molecule has 0 rings (SSSR count). The van der Waals surface area contributed by atoms with Crippen molar-refractivity contribution in [2.75, 3.05) is 13.2 Å². The smallest absolute Gasteiger partial charge is 0.306 e. The van der Waals surface area contributed by atoms with E-state index in [2.05, 4.69) is 26.0 Å². The Morgan fingerprint density at radius 3 is 0.659 bits per heavy atom. The Labute approximate surface area is 515 Å². The summed E-state index contributed by atoms with van der Waals surface area (Å²) in [6.45, 7) is 4.22. The second-order valence-corrected chi connectivity index (χ2v) is 26.4. The van der Waals surface area contributed by atoms with Gasteiger partial charge in [0.2, 0.25) is 0 Å². The van der Waals surface area contributed by atoms with Crippen LogP contribution in [0, 0.1) is 0 Å². The molecule has 0 aromatic heterocycles. The van der Waals surface area contributed by atoms with Crippen LogP contribution in [0.4, 0.5) is 0 Å². The fraction of sp³-hybridized carbons (Fsp3) is 0.948. The van der Waals surface area contributed by atoms with Gasteiger partial charge in [0.25, 0.3) is 0 Å². The van der Waals surface area contributed by atoms with E-state index in [9.17, 15) is 14.7 Å². The van der Waals surface area contributed by atoms with E-state index in [4.69, 9.17) is 9.47 Å². The number of carbonyl (C=O) groups is 2. The Bertz CT molecular complexity index is 1220. The molecule has 1 atom stereocenters. The van der Waals surface area contributed by atoms with E-state index < -0.39 is 6.10 Å². The zero-order valence-corrected chi connectivity index (χ0v) is 56.3. The number of carbonyl (C=O) groups excluding carboxylic acids is 2. The maximum atomic E-state index is 12.4. The molecule has 82 heavy (non-hydrogen) atoms. The average Bonchev–Trinajstić information content (AvgIpc) is 3.49. The topological polar surface area (TPSA) is 72.8 Å². The van der Waals surface area contributed by atoms with Gasteiger partial charge in [0.05, 0.1) is 6.61 Å². The van der Waals surface area contributed by atoms with E-state index in [-0.39, 0.29) is 25.2 Å². The molecule has 0 amide bonds. The van der Waals surface area contributed by atoms with Gasteiger partial charge in [0.1, 0.15) is 6.61 Å². The highest BCUT2D eigenvalue weighted by Gasteiger charge is 2.16. The summed E-state index contributed by atoms with van der Waals surface area (Å²) in [7, 11) is 0. The third kappa shape index (κ3) is 71.1. The first-order valence-corrected chi connectivity index (χ1v) is 38.2. The molecule has 0 aliphatic rings. The van der Waals surface area contributed by atoms with Crippen molar-refractivity contribution in [3.05, 3.63) is 12.2 Å². The number of rotatable bonds is 73. The molecule has 0 saturated heterocycles. The molecule has 1 unspecified atom stereocenters. The van der Waals surface area contributed by atoms with Crippen molar-refractivity contribution in [1.29, 1.82) is 0 Å². The third-order valence-corrected chi connectivity index (χ3v) is 18.1. The lowest BCUT2D eigenvalue weighted by molar-refractivity contribution is -0.161. The maximum absolute atomic E-state index is 12.4. The summed E-state index contributed by atoms with van der Waals surface area (Å²) < 4.78 is 10.8. The lowest BCUT2D eigenvalue weighted by Gasteiger charge is -2.15. The maximum Gasteiger partial charge on any atom is 0.306 e. The fourth-order valence-corrected chi connectivity index (χ4v) is 12.3. The highest BCUT2D eigenvalue weighted by atomic mass is 16.6. The molecule has 0 heterocycles. The average molecular weight is 1160 g/mol. The van der Waals surface area contributed by atoms with Crippen molar-refractivity contribution in [3.63, 3.8) is 0 Å². The molecule has 1 N–H and O–H groups in total. The molecule has 5 nitrogen and oxygen atoms in total. The van der Waals surface area contributed by atoms with Gasteiger partial charge in [-0.25, -0.2) is 0 Å². The first kappa shape index (κ1) is 80.6. The van der Waals surface area contributed by atoms with Gasteiger partial charge < -0.3 is 14.6 Å². The number of allylic oxidation sites excluding steroid dienone is 2. The fourth-order valence-electron chi connectivity index (χ4n) is 12.3. The molecule has 0 radical (unpaired) electrons. The van der Waals surface area contributed by atoms with Crippen molar-refractivity contribution < 1.29 is 24.2 Å². The minimum Gasteiger partial charge on any atom is -0.462 e. The molecular weight excluding hydrogens is 1000 g/mol. The highest BCUT2D eigenvalue weighted by Crippen LogP contribution is 2.20. The SMILES string of the molecule is CCCCCCCCCC/C=C\CCCCCCCCCCCCCCCCCCCCCC(=O)OC(CO)COC(=O)CCCCCCCCCCCCCCCCCCCCCCCCCCCCCCCCCCCCCCC. The Morgan fingerprint density at radius 2 is 0.451 bits per heavy atom. The number of hydrogen-bond acceptors (Lipinski definition) is 5. The summed E-state index contributed by atoms with van der Waals surface area (Å²) in [6.07, 6.45) is 95.8. The predicted octanol–water partition coefficient (Wildman–Crippen LogP) is 26.6. The van der Waals surface area contributed by atoms with Crippen molar-refractivity contribution in [3.8, 4) is 0 Å². The summed E-state index contributed by atoms with van der Waals surface area (Å²) in [6, 6.07) is 0. The van der Waals surface area contributed by atoms with Crippen LogP contribution in [-0.4, -0.2) is 36.4 Å². The van der Waals surface area contributed by atoms with Crippen LogP contribution in [0.1, 0.15) is 450 Å². The first-order chi connectivity index (χ1) is 40.6. The Morgan fingerprint density at radius 1 is 0.268 bits per heavy atom. The molecule has 0 fully saturated rings. The van der Waals surface area contributed by atoms with Gasteiger partial charge in [-0.1, -0.05) is 411 Å². The van der Waals surface area contributed by atoms with Crippen LogP contribution in [0.5, 0.6) is 0 Å². The molecule has 0 saturated carbocycles. The van der Waals surface area contributed by atoms with Gasteiger partial charge in [-0.2, -0.15) is 0 Å². The van der Waals surface area contributed by atoms with E-state index in [1.165, 1.54) is 392 Å². The second-order valence-electron chi connectivity index (χ2n) is 26.4. The molecule has 0 aliphatic heterocycles. The van der Waals surface area contributed by atoms with Crippen molar-refractivity contribution in [2.24, 2.45) is 0 Å². The van der Waals surface area contributed by atoms with Gasteiger partial charge in [-0.3, -0.25) is 9.59 Å². The first-order valence-electron chi connectivity index (χ1n) is 38.2. The normalized spacial score (nSPS) is 12.1. The monoisotopic (exact) mass is 1160 g/mol.